The first kappa shape index (κ1) is 19.5. The molecule has 3 aromatic rings. The Kier molecular flexibility index (Phi) is 5.00. The monoisotopic (exact) mass is 410 g/mol. The van der Waals surface area contributed by atoms with E-state index < -0.39 is 16.7 Å². The van der Waals surface area contributed by atoms with E-state index in [1.54, 1.807) is 24.3 Å². The van der Waals surface area contributed by atoms with Crippen molar-refractivity contribution in [2.45, 2.75) is 0 Å². The SMILES string of the molecule is N#Cc1ccc(N2C(=O)C(Nc3ccccc3)=C(c3ccc([N+](=O)[O-])cc3)C2=O)cc1. The Labute approximate surface area is 176 Å². The van der Waals surface area contributed by atoms with Crippen molar-refractivity contribution in [1.82, 2.24) is 0 Å². The molecule has 0 aromatic heterocycles. The third kappa shape index (κ3) is 3.63. The van der Waals surface area contributed by atoms with Gasteiger partial charge in [-0.2, -0.15) is 5.26 Å². The van der Waals surface area contributed by atoms with Crippen LogP contribution in [0.5, 0.6) is 0 Å². The molecule has 0 fully saturated rings. The summed E-state index contributed by atoms with van der Waals surface area (Å²) >= 11 is 0. The van der Waals surface area contributed by atoms with Crippen LogP contribution in [0.3, 0.4) is 0 Å². The highest BCUT2D eigenvalue weighted by molar-refractivity contribution is 6.46. The number of carbonyl (C=O) groups is 2. The molecule has 4 rings (SSSR count). The molecule has 0 bridgehead atoms. The van der Waals surface area contributed by atoms with Crippen molar-refractivity contribution >= 4 is 34.4 Å². The quantitative estimate of drug-likeness (QED) is 0.388. The average Bonchev–Trinajstić information content (AvgIpc) is 3.04. The van der Waals surface area contributed by atoms with E-state index in [4.69, 9.17) is 5.26 Å². The summed E-state index contributed by atoms with van der Waals surface area (Å²) in [5.74, 6) is -1.13. The summed E-state index contributed by atoms with van der Waals surface area (Å²) in [7, 11) is 0. The van der Waals surface area contributed by atoms with Crippen molar-refractivity contribution in [2.24, 2.45) is 0 Å². The van der Waals surface area contributed by atoms with Gasteiger partial charge in [0, 0.05) is 17.8 Å². The average molecular weight is 410 g/mol. The zero-order chi connectivity index (χ0) is 22.0. The number of nitrogens with one attached hydrogen (secondary N) is 1. The highest BCUT2D eigenvalue weighted by Gasteiger charge is 2.40. The number of carbonyl (C=O) groups excluding carboxylic acids is 2. The van der Waals surface area contributed by atoms with E-state index in [2.05, 4.69) is 5.32 Å². The van der Waals surface area contributed by atoms with Crippen LogP contribution in [-0.2, 0) is 9.59 Å². The van der Waals surface area contributed by atoms with Gasteiger partial charge in [0.1, 0.15) is 5.70 Å². The molecule has 0 saturated carbocycles. The maximum atomic E-state index is 13.3. The number of nitro benzene ring substituents is 1. The number of nitrogens with zero attached hydrogens (tertiary/aromatic N) is 3. The van der Waals surface area contributed by atoms with E-state index in [9.17, 15) is 19.7 Å². The van der Waals surface area contributed by atoms with Crippen molar-refractivity contribution in [1.29, 1.82) is 5.26 Å². The predicted octanol–water partition coefficient (Wildman–Crippen LogP) is 3.86. The van der Waals surface area contributed by atoms with Gasteiger partial charge in [-0.25, -0.2) is 4.90 Å². The lowest BCUT2D eigenvalue weighted by Crippen LogP contribution is -2.32. The van der Waals surface area contributed by atoms with Crippen molar-refractivity contribution in [3.8, 4) is 6.07 Å². The van der Waals surface area contributed by atoms with Crippen LogP contribution in [0.4, 0.5) is 17.1 Å². The van der Waals surface area contributed by atoms with Crippen LogP contribution in [0.25, 0.3) is 5.57 Å². The van der Waals surface area contributed by atoms with Gasteiger partial charge in [-0.15, -0.1) is 0 Å². The minimum Gasteiger partial charge on any atom is -0.350 e. The van der Waals surface area contributed by atoms with Crippen LogP contribution in [0.2, 0.25) is 0 Å². The molecule has 2 amide bonds. The highest BCUT2D eigenvalue weighted by Crippen LogP contribution is 2.34. The summed E-state index contributed by atoms with van der Waals surface area (Å²) in [5.41, 5.74) is 1.75. The van der Waals surface area contributed by atoms with Crippen LogP contribution in [0.15, 0.2) is 84.6 Å². The molecule has 0 saturated heterocycles. The lowest BCUT2D eigenvalue weighted by molar-refractivity contribution is -0.384. The van der Waals surface area contributed by atoms with Crippen LogP contribution in [0.1, 0.15) is 11.1 Å². The van der Waals surface area contributed by atoms with Gasteiger partial charge in [0.25, 0.3) is 17.5 Å². The molecule has 8 heteroatoms. The van der Waals surface area contributed by atoms with Crippen molar-refractivity contribution in [2.75, 3.05) is 10.2 Å². The molecule has 1 aliphatic heterocycles. The number of benzene rings is 3. The zero-order valence-corrected chi connectivity index (χ0v) is 16.0. The Hall–Kier alpha value is -4.77. The number of non-ortho nitro benzene ring substituents is 1. The van der Waals surface area contributed by atoms with E-state index in [-0.39, 0.29) is 17.0 Å². The second-order valence-corrected chi connectivity index (χ2v) is 6.65. The minimum absolute atomic E-state index is 0.0643. The van der Waals surface area contributed by atoms with E-state index in [1.807, 2.05) is 12.1 Å². The Morgan fingerprint density at radius 2 is 1.52 bits per heavy atom. The Balaban J connectivity index is 1.80. The number of nitriles is 1. The van der Waals surface area contributed by atoms with Gasteiger partial charge in [-0.3, -0.25) is 19.7 Å². The molecule has 1 heterocycles. The number of imide groups is 1. The molecule has 0 aliphatic carbocycles. The number of amides is 2. The fourth-order valence-corrected chi connectivity index (χ4v) is 3.25. The summed E-state index contributed by atoms with van der Waals surface area (Å²) in [6, 6.07) is 22.4. The predicted molar refractivity (Wildman–Crippen MR) is 114 cm³/mol. The Morgan fingerprint density at radius 1 is 0.871 bits per heavy atom. The fourth-order valence-electron chi connectivity index (χ4n) is 3.25. The van der Waals surface area contributed by atoms with E-state index in [0.29, 0.717) is 22.5 Å². The molecule has 0 spiro atoms. The molecule has 150 valence electrons. The van der Waals surface area contributed by atoms with Crippen LogP contribution >= 0.6 is 0 Å². The summed E-state index contributed by atoms with van der Waals surface area (Å²) < 4.78 is 0. The third-order valence-electron chi connectivity index (χ3n) is 4.75. The number of hydrogen-bond donors (Lipinski definition) is 1. The second-order valence-electron chi connectivity index (χ2n) is 6.65. The molecular weight excluding hydrogens is 396 g/mol. The van der Waals surface area contributed by atoms with Gasteiger partial charge < -0.3 is 5.32 Å². The standard InChI is InChI=1S/C23H14N4O4/c24-14-15-6-10-18(11-7-15)26-22(28)20(16-8-12-19(13-9-16)27(30)31)21(23(26)29)25-17-4-2-1-3-5-17/h1-13,25H. The van der Waals surface area contributed by atoms with Gasteiger partial charge in [-0.1, -0.05) is 18.2 Å². The lowest BCUT2D eigenvalue weighted by Gasteiger charge is -2.15. The fraction of sp³-hybridized carbons (Fsp3) is 0. The normalized spacial score (nSPS) is 13.3. The molecule has 0 atom stereocenters. The first-order valence-corrected chi connectivity index (χ1v) is 9.19. The van der Waals surface area contributed by atoms with E-state index in [0.717, 1.165) is 4.90 Å². The van der Waals surface area contributed by atoms with E-state index >= 15 is 0 Å². The third-order valence-corrected chi connectivity index (χ3v) is 4.75. The number of para-hydroxylation sites is 1. The van der Waals surface area contributed by atoms with Gasteiger partial charge in [0.15, 0.2) is 0 Å². The van der Waals surface area contributed by atoms with Crippen LogP contribution < -0.4 is 10.2 Å². The summed E-state index contributed by atoms with van der Waals surface area (Å²) in [4.78, 5) is 38.0. The largest absolute Gasteiger partial charge is 0.350 e. The Morgan fingerprint density at radius 3 is 2.10 bits per heavy atom. The molecular formula is C23H14N4O4. The lowest BCUT2D eigenvalue weighted by atomic mass is 10.0. The van der Waals surface area contributed by atoms with E-state index in [1.165, 1.54) is 48.5 Å². The Bertz CT molecular complexity index is 1260. The van der Waals surface area contributed by atoms with Crippen molar-refractivity contribution in [3.05, 3.63) is 106 Å². The van der Waals surface area contributed by atoms with Gasteiger partial charge in [-0.05, 0) is 54.1 Å². The maximum absolute atomic E-state index is 13.3. The number of anilines is 2. The molecule has 1 N–H and O–H groups in total. The number of rotatable bonds is 5. The molecule has 31 heavy (non-hydrogen) atoms. The maximum Gasteiger partial charge on any atom is 0.282 e. The van der Waals surface area contributed by atoms with Crippen LogP contribution in [0, 0.1) is 21.4 Å². The van der Waals surface area contributed by atoms with Gasteiger partial charge in [0.05, 0.1) is 27.8 Å². The molecule has 1 aliphatic rings. The summed E-state index contributed by atoms with van der Waals surface area (Å²) in [5, 5.41) is 23.0. The molecule has 3 aromatic carbocycles. The van der Waals surface area contributed by atoms with Crippen molar-refractivity contribution < 1.29 is 14.5 Å². The first-order chi connectivity index (χ1) is 15.0. The summed E-state index contributed by atoms with van der Waals surface area (Å²) in [6.45, 7) is 0. The highest BCUT2D eigenvalue weighted by atomic mass is 16.6. The van der Waals surface area contributed by atoms with Gasteiger partial charge >= 0.3 is 0 Å². The molecule has 8 nitrogen and oxygen atoms in total. The van der Waals surface area contributed by atoms with Gasteiger partial charge in [0.2, 0.25) is 0 Å². The topological polar surface area (TPSA) is 116 Å². The second kappa shape index (κ2) is 7.93. The molecule has 0 radical (unpaired) electrons. The first-order valence-electron chi connectivity index (χ1n) is 9.19. The summed E-state index contributed by atoms with van der Waals surface area (Å²) in [6.07, 6.45) is 0. The smallest absolute Gasteiger partial charge is 0.282 e. The minimum atomic E-state index is -0.568. The number of nitro groups is 1. The van der Waals surface area contributed by atoms with Crippen molar-refractivity contribution in [3.63, 3.8) is 0 Å². The molecule has 0 unspecified atom stereocenters. The zero-order valence-electron chi connectivity index (χ0n) is 16.0. The number of hydrogen-bond acceptors (Lipinski definition) is 6. The van der Waals surface area contributed by atoms with Crippen LogP contribution in [-0.4, -0.2) is 16.7 Å².